The molecule has 0 spiro atoms. The van der Waals surface area contributed by atoms with Gasteiger partial charge in [0.05, 0.1) is 11.6 Å². The van der Waals surface area contributed by atoms with Gasteiger partial charge in [-0.2, -0.15) is 5.26 Å². The fourth-order valence-electron chi connectivity index (χ4n) is 1.15. The summed E-state index contributed by atoms with van der Waals surface area (Å²) in [6.07, 6.45) is -0.134. The first-order chi connectivity index (χ1) is 7.17. The zero-order chi connectivity index (χ0) is 11.3. The Labute approximate surface area is 88.3 Å². The number of nitrogens with zero attached hydrogens (tertiary/aromatic N) is 1. The van der Waals surface area contributed by atoms with Crippen LogP contribution in [0.25, 0.3) is 0 Å². The quantitative estimate of drug-likeness (QED) is 0.800. The molecular formula is C11H12N2O2. The molecule has 1 amide bonds. The monoisotopic (exact) mass is 204 g/mol. The number of primary amides is 1. The number of nitriles is 1. The number of ether oxygens (including phenoxy) is 1. The molecule has 2 N–H and O–H groups in total. The Morgan fingerprint density at radius 1 is 1.67 bits per heavy atom. The largest absolute Gasteiger partial charge is 0.481 e. The normalized spacial score (nSPS) is 11.5. The number of nitrogens with two attached hydrogens (primary N) is 1. The van der Waals surface area contributed by atoms with Crippen molar-refractivity contribution in [3.63, 3.8) is 0 Å². The van der Waals surface area contributed by atoms with E-state index in [9.17, 15) is 4.79 Å². The minimum atomic E-state index is -0.640. The van der Waals surface area contributed by atoms with Gasteiger partial charge < -0.3 is 10.5 Å². The van der Waals surface area contributed by atoms with Gasteiger partial charge in [-0.3, -0.25) is 4.79 Å². The number of carbonyl (C=O) groups excluding carboxylic acids is 1. The molecule has 0 radical (unpaired) electrons. The Balaban J connectivity index is 2.80. The molecule has 0 fully saturated rings. The van der Waals surface area contributed by atoms with Crippen molar-refractivity contribution in [2.75, 3.05) is 0 Å². The van der Waals surface area contributed by atoms with Gasteiger partial charge in [0.2, 0.25) is 0 Å². The van der Waals surface area contributed by atoms with Crippen molar-refractivity contribution in [1.82, 2.24) is 0 Å². The number of carbonyl (C=O) groups is 1. The Hall–Kier alpha value is -2.02. The summed E-state index contributed by atoms with van der Waals surface area (Å²) < 4.78 is 5.34. The summed E-state index contributed by atoms with van der Waals surface area (Å²) in [5.41, 5.74) is 5.63. The number of rotatable bonds is 4. The van der Waals surface area contributed by atoms with Crippen LogP contribution in [-0.4, -0.2) is 12.0 Å². The predicted octanol–water partition coefficient (Wildman–Crippen LogP) is 1.20. The highest BCUT2D eigenvalue weighted by Gasteiger charge is 2.14. The van der Waals surface area contributed by atoms with Crippen molar-refractivity contribution >= 4 is 5.91 Å². The second-order valence-corrected chi connectivity index (χ2v) is 3.06. The van der Waals surface area contributed by atoms with Crippen molar-refractivity contribution in [2.24, 2.45) is 5.73 Å². The van der Waals surface area contributed by atoms with Crippen LogP contribution in [0, 0.1) is 11.3 Å². The van der Waals surface area contributed by atoms with Crippen molar-refractivity contribution in [3.8, 4) is 11.8 Å². The highest BCUT2D eigenvalue weighted by molar-refractivity contribution is 5.79. The fraction of sp³-hybridized carbons (Fsp3) is 0.273. The van der Waals surface area contributed by atoms with Crippen LogP contribution >= 0.6 is 0 Å². The Kier molecular flexibility index (Phi) is 3.69. The molecule has 1 rings (SSSR count). The molecule has 1 aromatic rings. The maximum atomic E-state index is 10.9. The van der Waals surface area contributed by atoms with Crippen molar-refractivity contribution in [3.05, 3.63) is 29.8 Å². The van der Waals surface area contributed by atoms with Crippen LogP contribution < -0.4 is 10.5 Å². The van der Waals surface area contributed by atoms with Crippen molar-refractivity contribution < 1.29 is 9.53 Å². The van der Waals surface area contributed by atoms with Crippen LogP contribution in [0.2, 0.25) is 0 Å². The molecule has 0 bridgehead atoms. The smallest absolute Gasteiger partial charge is 0.258 e. The molecule has 0 aromatic heterocycles. The first-order valence-corrected chi connectivity index (χ1v) is 4.63. The van der Waals surface area contributed by atoms with E-state index >= 15 is 0 Å². The van der Waals surface area contributed by atoms with E-state index < -0.39 is 12.0 Å². The van der Waals surface area contributed by atoms with Crippen LogP contribution in [0.1, 0.15) is 18.9 Å². The molecule has 15 heavy (non-hydrogen) atoms. The van der Waals surface area contributed by atoms with Crippen molar-refractivity contribution in [2.45, 2.75) is 19.4 Å². The highest BCUT2D eigenvalue weighted by Crippen LogP contribution is 2.15. The van der Waals surface area contributed by atoms with Crippen LogP contribution in [0.15, 0.2) is 24.3 Å². The third kappa shape index (κ3) is 2.99. The summed E-state index contributed by atoms with van der Waals surface area (Å²) in [5.74, 6) is -0.0143. The molecular weight excluding hydrogens is 192 g/mol. The Bertz CT molecular complexity index is 396. The van der Waals surface area contributed by atoms with E-state index in [-0.39, 0.29) is 0 Å². The second kappa shape index (κ2) is 5.01. The van der Waals surface area contributed by atoms with E-state index in [4.69, 9.17) is 15.7 Å². The lowest BCUT2D eigenvalue weighted by Gasteiger charge is -2.13. The lowest BCUT2D eigenvalue weighted by Crippen LogP contribution is -2.32. The van der Waals surface area contributed by atoms with E-state index in [0.29, 0.717) is 17.7 Å². The minimum Gasteiger partial charge on any atom is -0.481 e. The van der Waals surface area contributed by atoms with Gasteiger partial charge >= 0.3 is 0 Å². The van der Waals surface area contributed by atoms with E-state index in [1.807, 2.05) is 13.0 Å². The summed E-state index contributed by atoms with van der Waals surface area (Å²) in [7, 11) is 0. The summed E-state index contributed by atoms with van der Waals surface area (Å²) in [5, 5.41) is 8.67. The molecule has 0 aliphatic rings. The molecule has 0 saturated heterocycles. The standard InChI is InChI=1S/C11H12N2O2/c1-2-10(11(13)14)15-9-5-3-4-8(6-9)7-12/h3-6,10H,2H2,1H3,(H2,13,14). The van der Waals surface area contributed by atoms with Gasteiger partial charge in [-0.05, 0) is 24.6 Å². The molecule has 0 aliphatic heterocycles. The number of amides is 1. The average molecular weight is 204 g/mol. The van der Waals surface area contributed by atoms with Crippen LogP contribution in [0.4, 0.5) is 0 Å². The maximum absolute atomic E-state index is 10.9. The average Bonchev–Trinajstić information content (AvgIpc) is 2.25. The molecule has 4 nitrogen and oxygen atoms in total. The Morgan fingerprint density at radius 3 is 2.93 bits per heavy atom. The van der Waals surface area contributed by atoms with E-state index in [1.165, 1.54) is 0 Å². The lowest BCUT2D eigenvalue weighted by molar-refractivity contribution is -0.124. The molecule has 0 saturated carbocycles. The zero-order valence-corrected chi connectivity index (χ0v) is 8.43. The van der Waals surface area contributed by atoms with Gasteiger partial charge in [-0.15, -0.1) is 0 Å². The highest BCUT2D eigenvalue weighted by atomic mass is 16.5. The summed E-state index contributed by atoms with van der Waals surface area (Å²) in [6.45, 7) is 1.81. The minimum absolute atomic E-state index is 0.486. The second-order valence-electron chi connectivity index (χ2n) is 3.06. The SMILES string of the molecule is CCC(Oc1cccc(C#N)c1)C(N)=O. The molecule has 1 atom stereocenters. The third-order valence-corrected chi connectivity index (χ3v) is 1.93. The lowest BCUT2D eigenvalue weighted by atomic mass is 10.2. The summed E-state index contributed by atoms with van der Waals surface area (Å²) >= 11 is 0. The number of hydrogen-bond acceptors (Lipinski definition) is 3. The molecule has 1 unspecified atom stereocenters. The molecule has 4 heteroatoms. The first-order valence-electron chi connectivity index (χ1n) is 4.63. The number of hydrogen-bond donors (Lipinski definition) is 1. The van der Waals surface area contributed by atoms with E-state index in [0.717, 1.165) is 0 Å². The predicted molar refractivity (Wildman–Crippen MR) is 55.1 cm³/mol. The maximum Gasteiger partial charge on any atom is 0.258 e. The van der Waals surface area contributed by atoms with Crippen LogP contribution in [-0.2, 0) is 4.79 Å². The molecule has 0 aliphatic carbocycles. The topological polar surface area (TPSA) is 76.1 Å². The van der Waals surface area contributed by atoms with Crippen molar-refractivity contribution in [1.29, 1.82) is 5.26 Å². The first kappa shape index (κ1) is 11.1. The Morgan fingerprint density at radius 2 is 2.40 bits per heavy atom. The molecule has 1 aromatic carbocycles. The van der Waals surface area contributed by atoms with Crippen LogP contribution in [0.5, 0.6) is 5.75 Å². The van der Waals surface area contributed by atoms with Gasteiger partial charge in [0.15, 0.2) is 6.10 Å². The fourth-order valence-corrected chi connectivity index (χ4v) is 1.15. The summed E-state index contributed by atoms with van der Waals surface area (Å²) in [4.78, 5) is 10.9. The zero-order valence-electron chi connectivity index (χ0n) is 8.43. The van der Waals surface area contributed by atoms with Gasteiger partial charge in [0, 0.05) is 0 Å². The van der Waals surface area contributed by atoms with Gasteiger partial charge in [-0.1, -0.05) is 13.0 Å². The molecule has 0 heterocycles. The van der Waals surface area contributed by atoms with Gasteiger partial charge in [0.25, 0.3) is 5.91 Å². The molecule has 78 valence electrons. The third-order valence-electron chi connectivity index (χ3n) is 1.93. The number of benzene rings is 1. The summed E-state index contributed by atoms with van der Waals surface area (Å²) in [6, 6.07) is 8.61. The van der Waals surface area contributed by atoms with Gasteiger partial charge in [-0.25, -0.2) is 0 Å². The van der Waals surface area contributed by atoms with Gasteiger partial charge in [0.1, 0.15) is 5.75 Å². The van der Waals surface area contributed by atoms with E-state index in [1.54, 1.807) is 24.3 Å². The van der Waals surface area contributed by atoms with Crippen LogP contribution in [0.3, 0.4) is 0 Å². The van der Waals surface area contributed by atoms with E-state index in [2.05, 4.69) is 0 Å².